The van der Waals surface area contributed by atoms with Crippen molar-refractivity contribution in [2.24, 2.45) is 17.8 Å². The van der Waals surface area contributed by atoms with Crippen LogP contribution in [0.3, 0.4) is 0 Å². The van der Waals surface area contributed by atoms with Crippen LogP contribution in [0.2, 0.25) is 0 Å². The van der Waals surface area contributed by atoms with Gasteiger partial charge in [0.1, 0.15) is 0 Å². The van der Waals surface area contributed by atoms with Crippen molar-refractivity contribution in [3.05, 3.63) is 35.9 Å². The standard InChI is InChI=1S/C19H26O4/c20-16-6-7-17-15(10-16)11-19(22-8-9-23-19)18(17)13-21-12-14-4-2-1-3-5-14/h1-5,15-18,20H,6-13H2/t15-,16+,17-,18+/m0/s1. The quantitative estimate of drug-likeness (QED) is 0.927. The number of benzene rings is 1. The topological polar surface area (TPSA) is 47.9 Å². The molecule has 4 nitrogen and oxygen atoms in total. The van der Waals surface area contributed by atoms with Gasteiger partial charge in [0.2, 0.25) is 0 Å². The zero-order valence-corrected chi connectivity index (χ0v) is 13.5. The van der Waals surface area contributed by atoms with Gasteiger partial charge in [0.25, 0.3) is 0 Å². The summed E-state index contributed by atoms with van der Waals surface area (Å²) in [7, 11) is 0. The Morgan fingerprint density at radius 3 is 2.70 bits per heavy atom. The lowest BCUT2D eigenvalue weighted by Gasteiger charge is -2.34. The molecule has 1 N–H and O–H groups in total. The molecule has 23 heavy (non-hydrogen) atoms. The lowest BCUT2D eigenvalue weighted by atomic mass is 9.77. The second-order valence-electron chi connectivity index (χ2n) is 7.21. The first-order valence-corrected chi connectivity index (χ1v) is 8.84. The highest BCUT2D eigenvalue weighted by molar-refractivity contribution is 5.13. The Hall–Kier alpha value is -0.940. The van der Waals surface area contributed by atoms with Gasteiger partial charge in [0.05, 0.1) is 32.5 Å². The van der Waals surface area contributed by atoms with E-state index in [9.17, 15) is 5.11 Å². The van der Waals surface area contributed by atoms with Crippen molar-refractivity contribution in [2.75, 3.05) is 19.8 Å². The predicted octanol–water partition coefficient (Wildman–Crippen LogP) is 2.74. The van der Waals surface area contributed by atoms with Crippen LogP contribution in [-0.2, 0) is 20.8 Å². The maximum atomic E-state index is 9.99. The second-order valence-corrected chi connectivity index (χ2v) is 7.21. The van der Waals surface area contributed by atoms with Gasteiger partial charge >= 0.3 is 0 Å². The molecule has 0 bridgehead atoms. The Balaban J connectivity index is 1.43. The van der Waals surface area contributed by atoms with Gasteiger partial charge in [-0.1, -0.05) is 30.3 Å². The van der Waals surface area contributed by atoms with Crippen LogP contribution in [0.4, 0.5) is 0 Å². The van der Waals surface area contributed by atoms with Crippen molar-refractivity contribution in [3.63, 3.8) is 0 Å². The molecule has 2 aliphatic carbocycles. The average Bonchev–Trinajstić information content (AvgIpc) is 3.14. The van der Waals surface area contributed by atoms with Crippen molar-refractivity contribution < 1.29 is 19.3 Å². The molecule has 3 fully saturated rings. The fourth-order valence-corrected chi connectivity index (χ4v) is 4.80. The van der Waals surface area contributed by atoms with Crippen LogP contribution in [-0.4, -0.2) is 36.8 Å². The summed E-state index contributed by atoms with van der Waals surface area (Å²) in [5.41, 5.74) is 1.20. The smallest absolute Gasteiger partial charge is 0.174 e. The normalized spacial score (nSPS) is 35.5. The molecular formula is C19H26O4. The zero-order valence-electron chi connectivity index (χ0n) is 13.5. The lowest BCUT2D eigenvalue weighted by Crippen LogP contribution is -2.39. The van der Waals surface area contributed by atoms with Crippen LogP contribution in [0.1, 0.15) is 31.2 Å². The number of aliphatic hydroxyl groups is 1. The van der Waals surface area contributed by atoms with Crippen molar-refractivity contribution >= 4 is 0 Å². The monoisotopic (exact) mass is 318 g/mol. The summed E-state index contributed by atoms with van der Waals surface area (Å²) in [6, 6.07) is 10.3. The van der Waals surface area contributed by atoms with Crippen molar-refractivity contribution in [2.45, 2.75) is 44.2 Å². The minimum Gasteiger partial charge on any atom is -0.393 e. The molecule has 4 rings (SSSR count). The molecular weight excluding hydrogens is 292 g/mol. The average molecular weight is 318 g/mol. The first kappa shape index (κ1) is 15.6. The summed E-state index contributed by atoms with van der Waals surface area (Å²) in [6.45, 7) is 2.66. The molecule has 0 unspecified atom stereocenters. The van der Waals surface area contributed by atoms with Gasteiger partial charge < -0.3 is 19.3 Å². The summed E-state index contributed by atoms with van der Waals surface area (Å²) in [6.07, 6.45) is 3.59. The summed E-state index contributed by atoms with van der Waals surface area (Å²) < 4.78 is 18.2. The molecule has 0 radical (unpaired) electrons. The minimum absolute atomic E-state index is 0.154. The number of aliphatic hydroxyl groups excluding tert-OH is 1. The third kappa shape index (κ3) is 3.05. The van der Waals surface area contributed by atoms with E-state index in [2.05, 4.69) is 12.1 Å². The molecule has 1 aliphatic heterocycles. The SMILES string of the molecule is O[C@@H]1CC[C@H]2[C@@H](C1)CC1(OCCO1)[C@@H]2COCc1ccccc1. The highest BCUT2D eigenvalue weighted by atomic mass is 16.7. The van der Waals surface area contributed by atoms with E-state index in [1.807, 2.05) is 18.2 Å². The van der Waals surface area contributed by atoms with E-state index in [-0.39, 0.29) is 12.0 Å². The van der Waals surface area contributed by atoms with Crippen molar-refractivity contribution in [1.29, 1.82) is 0 Å². The summed E-state index contributed by atoms with van der Waals surface area (Å²) in [4.78, 5) is 0. The van der Waals surface area contributed by atoms with E-state index in [4.69, 9.17) is 14.2 Å². The van der Waals surface area contributed by atoms with Gasteiger partial charge in [0.15, 0.2) is 5.79 Å². The number of hydrogen-bond acceptors (Lipinski definition) is 4. The first-order valence-electron chi connectivity index (χ1n) is 8.84. The van der Waals surface area contributed by atoms with Crippen LogP contribution < -0.4 is 0 Å². The Morgan fingerprint density at radius 1 is 1.13 bits per heavy atom. The Morgan fingerprint density at radius 2 is 1.91 bits per heavy atom. The summed E-state index contributed by atoms with van der Waals surface area (Å²) >= 11 is 0. The molecule has 0 aromatic heterocycles. The van der Waals surface area contributed by atoms with Crippen molar-refractivity contribution in [3.8, 4) is 0 Å². The molecule has 1 heterocycles. The Bertz CT molecular complexity index is 511. The molecule has 4 heteroatoms. The molecule has 1 aromatic rings. The van der Waals surface area contributed by atoms with Gasteiger partial charge in [-0.15, -0.1) is 0 Å². The fraction of sp³-hybridized carbons (Fsp3) is 0.684. The molecule has 4 atom stereocenters. The van der Waals surface area contributed by atoms with E-state index in [0.717, 1.165) is 25.7 Å². The molecule has 0 amide bonds. The van der Waals surface area contributed by atoms with E-state index in [1.54, 1.807) is 0 Å². The van der Waals surface area contributed by atoms with Crippen LogP contribution in [0.15, 0.2) is 30.3 Å². The molecule has 1 saturated heterocycles. The maximum Gasteiger partial charge on any atom is 0.174 e. The molecule has 2 saturated carbocycles. The third-order valence-electron chi connectivity index (χ3n) is 5.83. The Labute approximate surface area is 137 Å². The van der Waals surface area contributed by atoms with Crippen LogP contribution in [0.25, 0.3) is 0 Å². The van der Waals surface area contributed by atoms with Gasteiger partial charge in [-0.3, -0.25) is 0 Å². The first-order chi connectivity index (χ1) is 11.3. The van der Waals surface area contributed by atoms with E-state index in [0.29, 0.717) is 38.3 Å². The maximum absolute atomic E-state index is 9.99. The molecule has 3 aliphatic rings. The van der Waals surface area contributed by atoms with E-state index in [1.165, 1.54) is 5.56 Å². The summed E-state index contributed by atoms with van der Waals surface area (Å²) in [5.74, 6) is 0.872. The van der Waals surface area contributed by atoms with Gasteiger partial charge in [-0.2, -0.15) is 0 Å². The number of hydrogen-bond donors (Lipinski definition) is 1. The van der Waals surface area contributed by atoms with Gasteiger partial charge in [-0.25, -0.2) is 0 Å². The molecule has 126 valence electrons. The Kier molecular flexibility index (Phi) is 4.41. The molecule has 1 spiro atoms. The number of rotatable bonds is 4. The largest absolute Gasteiger partial charge is 0.393 e. The highest BCUT2D eigenvalue weighted by Gasteiger charge is 2.58. The minimum atomic E-state index is -0.462. The van der Waals surface area contributed by atoms with Crippen LogP contribution in [0.5, 0.6) is 0 Å². The summed E-state index contributed by atoms with van der Waals surface area (Å²) in [5, 5.41) is 9.99. The molecule has 1 aromatic carbocycles. The lowest BCUT2D eigenvalue weighted by molar-refractivity contribution is -0.198. The highest BCUT2D eigenvalue weighted by Crippen LogP contribution is 2.54. The van der Waals surface area contributed by atoms with Crippen molar-refractivity contribution in [1.82, 2.24) is 0 Å². The number of ether oxygens (including phenoxy) is 3. The van der Waals surface area contributed by atoms with Crippen LogP contribution in [0, 0.1) is 17.8 Å². The fourth-order valence-electron chi connectivity index (χ4n) is 4.80. The zero-order chi connectivity index (χ0) is 15.7. The third-order valence-corrected chi connectivity index (χ3v) is 5.83. The van der Waals surface area contributed by atoms with Gasteiger partial charge in [0, 0.05) is 12.3 Å². The predicted molar refractivity (Wildman–Crippen MR) is 85.7 cm³/mol. The van der Waals surface area contributed by atoms with E-state index < -0.39 is 5.79 Å². The van der Waals surface area contributed by atoms with Gasteiger partial charge in [-0.05, 0) is 36.7 Å². The van der Waals surface area contributed by atoms with Crippen LogP contribution >= 0.6 is 0 Å². The second kappa shape index (κ2) is 6.52. The number of fused-ring (bicyclic) bond motifs is 1. The van der Waals surface area contributed by atoms with E-state index >= 15 is 0 Å².